The first-order valence-electron chi connectivity index (χ1n) is 7.23. The lowest BCUT2D eigenvalue weighted by Gasteiger charge is -2.12. The highest BCUT2D eigenvalue weighted by atomic mass is 35.5. The molecule has 0 saturated carbocycles. The molecule has 2 heterocycles. The van der Waals surface area contributed by atoms with Crippen molar-refractivity contribution in [1.82, 2.24) is 4.57 Å². The minimum Gasteiger partial charge on any atom is -0.384 e. The second kappa shape index (κ2) is 7.00. The van der Waals surface area contributed by atoms with Gasteiger partial charge in [0, 0.05) is 6.61 Å². The van der Waals surface area contributed by atoms with Gasteiger partial charge in [-0.25, -0.2) is 0 Å². The van der Waals surface area contributed by atoms with Crippen LogP contribution in [0.1, 0.15) is 22.5 Å². The van der Waals surface area contributed by atoms with Gasteiger partial charge in [0.2, 0.25) is 0 Å². The smallest absolute Gasteiger partial charge is 0.269 e. The summed E-state index contributed by atoms with van der Waals surface area (Å²) in [6.07, 6.45) is 2.14. The molecule has 1 aliphatic rings. The Bertz CT molecular complexity index is 781. The fourth-order valence-corrected chi connectivity index (χ4v) is 3.91. The first-order chi connectivity index (χ1) is 11.1. The number of ether oxygens (including phenoxy) is 1. The maximum absolute atomic E-state index is 12.5. The first kappa shape index (κ1) is 16.4. The predicted molar refractivity (Wildman–Crippen MR) is 95.9 cm³/mol. The fraction of sp³-hybridized carbons (Fsp3) is 0.333. The van der Waals surface area contributed by atoms with E-state index in [0.717, 1.165) is 19.4 Å². The number of aromatic nitrogens is 1. The Labute approximate surface area is 148 Å². The molecule has 5 nitrogen and oxygen atoms in total. The summed E-state index contributed by atoms with van der Waals surface area (Å²) in [7, 11) is 0. The number of nitrogens with one attached hydrogen (secondary N) is 1. The van der Waals surface area contributed by atoms with Gasteiger partial charge in [-0.15, -0.1) is 0 Å². The van der Waals surface area contributed by atoms with E-state index in [1.165, 1.54) is 11.3 Å². The fourth-order valence-electron chi connectivity index (χ4n) is 2.48. The van der Waals surface area contributed by atoms with Crippen LogP contribution >= 0.6 is 35.2 Å². The molecule has 1 fully saturated rings. The van der Waals surface area contributed by atoms with E-state index in [9.17, 15) is 4.79 Å². The van der Waals surface area contributed by atoms with E-state index >= 15 is 0 Å². The van der Waals surface area contributed by atoms with Crippen LogP contribution in [-0.2, 0) is 11.3 Å². The number of hydrogen-bond acceptors (Lipinski definition) is 5. The van der Waals surface area contributed by atoms with Crippen LogP contribution in [0.4, 0.5) is 11.5 Å². The van der Waals surface area contributed by atoms with E-state index in [4.69, 9.17) is 34.3 Å². The number of anilines is 2. The average Bonchev–Trinajstić information content (AvgIpc) is 3.13. The van der Waals surface area contributed by atoms with Gasteiger partial charge < -0.3 is 20.4 Å². The molecule has 1 aliphatic heterocycles. The summed E-state index contributed by atoms with van der Waals surface area (Å²) in [5.41, 5.74) is 6.68. The lowest BCUT2D eigenvalue weighted by Crippen LogP contribution is -2.18. The van der Waals surface area contributed by atoms with Crippen LogP contribution in [-0.4, -0.2) is 23.2 Å². The van der Waals surface area contributed by atoms with Gasteiger partial charge in [-0.05, 0) is 37.2 Å². The Morgan fingerprint density at radius 3 is 3.00 bits per heavy atom. The van der Waals surface area contributed by atoms with Crippen LogP contribution in [0.3, 0.4) is 0 Å². The number of nitrogen functional groups attached to an aromatic ring is 1. The molecule has 8 heteroatoms. The van der Waals surface area contributed by atoms with Crippen molar-refractivity contribution in [2.24, 2.45) is 0 Å². The Morgan fingerprint density at radius 2 is 2.30 bits per heavy atom. The maximum Gasteiger partial charge on any atom is 0.269 e. The molecule has 3 N–H and O–H groups in total. The molecule has 1 amide bonds. The monoisotopic (exact) mass is 369 g/mol. The lowest BCUT2D eigenvalue weighted by molar-refractivity contribution is 0.0970. The molecule has 1 atom stereocenters. The van der Waals surface area contributed by atoms with Crippen molar-refractivity contribution in [3.63, 3.8) is 0 Å². The number of amides is 1. The highest BCUT2D eigenvalue weighted by molar-refractivity contribution is 7.73. The quantitative estimate of drug-likeness (QED) is 0.801. The van der Waals surface area contributed by atoms with E-state index in [1.54, 1.807) is 28.8 Å². The second-order valence-electron chi connectivity index (χ2n) is 5.26. The van der Waals surface area contributed by atoms with Crippen molar-refractivity contribution in [2.45, 2.75) is 25.5 Å². The molecular weight excluding hydrogens is 354 g/mol. The number of thiazole rings is 1. The van der Waals surface area contributed by atoms with Crippen LogP contribution in [0.2, 0.25) is 5.02 Å². The summed E-state index contributed by atoms with van der Waals surface area (Å²) in [5.74, 6) is 0.0674. The number of para-hydroxylation sites is 1. The maximum atomic E-state index is 12.5. The van der Waals surface area contributed by atoms with Crippen molar-refractivity contribution in [1.29, 1.82) is 0 Å². The molecule has 2 aromatic rings. The molecule has 0 radical (unpaired) electrons. The summed E-state index contributed by atoms with van der Waals surface area (Å²) < 4.78 is 7.96. The Morgan fingerprint density at radius 1 is 1.52 bits per heavy atom. The summed E-state index contributed by atoms with van der Waals surface area (Å²) in [6.45, 7) is 1.35. The molecule has 1 aromatic heterocycles. The number of halogens is 1. The molecule has 1 saturated heterocycles. The number of carbonyl (C=O) groups excluding carboxylic acids is 1. The molecule has 3 rings (SSSR count). The number of benzene rings is 1. The standard InChI is InChI=1S/C15H16ClN3O2S2/c16-10-5-1-2-6-11(10)18-14(20)12-13(17)19(15(22)23-12)8-9-4-3-7-21-9/h1-2,5-6,9H,3-4,7-8,17H2,(H,18,20). The summed E-state index contributed by atoms with van der Waals surface area (Å²) in [4.78, 5) is 12.9. The zero-order valence-electron chi connectivity index (χ0n) is 12.3. The van der Waals surface area contributed by atoms with E-state index in [1.807, 2.05) is 0 Å². The van der Waals surface area contributed by atoms with Gasteiger partial charge in [0.25, 0.3) is 5.91 Å². The summed E-state index contributed by atoms with van der Waals surface area (Å²) in [5, 5.41) is 3.24. The highest BCUT2D eigenvalue weighted by Crippen LogP contribution is 2.27. The van der Waals surface area contributed by atoms with Gasteiger partial charge >= 0.3 is 0 Å². The van der Waals surface area contributed by atoms with Crippen molar-refractivity contribution in [3.8, 4) is 0 Å². The second-order valence-corrected chi connectivity index (χ2v) is 7.31. The molecule has 0 aliphatic carbocycles. The van der Waals surface area contributed by atoms with Gasteiger partial charge in [-0.3, -0.25) is 4.79 Å². The van der Waals surface area contributed by atoms with E-state index in [2.05, 4.69) is 5.32 Å². The zero-order valence-corrected chi connectivity index (χ0v) is 14.6. The Balaban J connectivity index is 1.81. The summed E-state index contributed by atoms with van der Waals surface area (Å²) >= 11 is 12.6. The third-order valence-corrected chi connectivity index (χ3v) is 5.47. The number of carbonyl (C=O) groups is 1. The molecule has 0 spiro atoms. The minimum absolute atomic E-state index is 0.109. The van der Waals surface area contributed by atoms with Gasteiger partial charge in [0.05, 0.1) is 23.4 Å². The molecule has 1 aromatic carbocycles. The minimum atomic E-state index is -0.308. The van der Waals surface area contributed by atoms with Crippen LogP contribution in [0.5, 0.6) is 0 Å². The van der Waals surface area contributed by atoms with Gasteiger partial charge in [-0.2, -0.15) is 0 Å². The van der Waals surface area contributed by atoms with Gasteiger partial charge in [0.1, 0.15) is 10.7 Å². The number of rotatable bonds is 4. The first-order valence-corrected chi connectivity index (χ1v) is 8.83. The molecule has 23 heavy (non-hydrogen) atoms. The van der Waals surface area contributed by atoms with E-state index in [0.29, 0.717) is 31.9 Å². The van der Waals surface area contributed by atoms with E-state index in [-0.39, 0.29) is 12.0 Å². The molecular formula is C15H16ClN3O2S2. The highest BCUT2D eigenvalue weighted by Gasteiger charge is 2.22. The molecule has 122 valence electrons. The van der Waals surface area contributed by atoms with Gasteiger partial charge in [0.15, 0.2) is 3.95 Å². The van der Waals surface area contributed by atoms with Crippen molar-refractivity contribution < 1.29 is 9.53 Å². The third-order valence-electron chi connectivity index (χ3n) is 3.67. The van der Waals surface area contributed by atoms with Crippen LogP contribution in [0.15, 0.2) is 24.3 Å². The molecule has 0 bridgehead atoms. The average molecular weight is 370 g/mol. The Hall–Kier alpha value is -1.41. The SMILES string of the molecule is Nc1c(C(=O)Nc2ccccc2Cl)sc(=S)n1CC1CCCO1. The molecule has 1 unspecified atom stereocenters. The van der Waals surface area contributed by atoms with Crippen molar-refractivity contribution in [2.75, 3.05) is 17.7 Å². The lowest BCUT2D eigenvalue weighted by atomic mass is 10.2. The van der Waals surface area contributed by atoms with Crippen LogP contribution in [0.25, 0.3) is 0 Å². The normalized spacial score (nSPS) is 17.3. The summed E-state index contributed by atoms with van der Waals surface area (Å²) in [6, 6.07) is 7.05. The number of hydrogen-bond donors (Lipinski definition) is 2. The predicted octanol–water partition coefficient (Wildman–Crippen LogP) is 3.95. The third kappa shape index (κ3) is 3.58. The van der Waals surface area contributed by atoms with E-state index < -0.39 is 0 Å². The zero-order chi connectivity index (χ0) is 16.4. The largest absolute Gasteiger partial charge is 0.384 e. The number of nitrogens with two attached hydrogens (primary N) is 1. The van der Waals surface area contributed by atoms with Gasteiger partial charge in [-0.1, -0.05) is 35.1 Å². The van der Waals surface area contributed by atoms with Crippen molar-refractivity contribution in [3.05, 3.63) is 38.1 Å². The van der Waals surface area contributed by atoms with Crippen molar-refractivity contribution >= 4 is 52.6 Å². The van der Waals surface area contributed by atoms with Crippen LogP contribution in [0, 0.1) is 3.95 Å². The topological polar surface area (TPSA) is 69.3 Å². The van der Waals surface area contributed by atoms with Crippen LogP contribution < -0.4 is 11.1 Å². The number of nitrogens with zero attached hydrogens (tertiary/aromatic N) is 1. The Kier molecular flexibility index (Phi) is 5.01.